The van der Waals surface area contributed by atoms with Crippen LogP contribution in [0.2, 0.25) is 0 Å². The molecule has 0 aliphatic carbocycles. The smallest absolute Gasteiger partial charge is 0.256 e. The van der Waals surface area contributed by atoms with Gasteiger partial charge in [0, 0.05) is 12.7 Å². The van der Waals surface area contributed by atoms with E-state index in [1.807, 2.05) is 48.5 Å². The highest BCUT2D eigenvalue weighted by molar-refractivity contribution is 5.96. The summed E-state index contributed by atoms with van der Waals surface area (Å²) in [5.41, 5.74) is 1.61. The molecule has 1 atom stereocenters. The highest BCUT2D eigenvalue weighted by Crippen LogP contribution is 2.22. The minimum atomic E-state index is -0.193. The number of pyridine rings is 1. The molecule has 1 N–H and O–H groups in total. The van der Waals surface area contributed by atoms with Crippen LogP contribution in [0.4, 0.5) is 0 Å². The summed E-state index contributed by atoms with van der Waals surface area (Å²) in [6, 6.07) is 22.9. The van der Waals surface area contributed by atoms with Crippen LogP contribution >= 0.6 is 0 Å². The van der Waals surface area contributed by atoms with Gasteiger partial charge in [0.15, 0.2) is 0 Å². The van der Waals surface area contributed by atoms with Crippen LogP contribution in [0.5, 0.6) is 11.6 Å². The Labute approximate surface area is 147 Å². The van der Waals surface area contributed by atoms with Crippen molar-refractivity contribution in [1.82, 2.24) is 10.3 Å². The zero-order chi connectivity index (χ0) is 17.5. The molecule has 4 heteroatoms. The van der Waals surface area contributed by atoms with Gasteiger partial charge in [-0.25, -0.2) is 4.98 Å². The van der Waals surface area contributed by atoms with Crippen LogP contribution < -0.4 is 10.1 Å². The second-order valence-corrected chi connectivity index (χ2v) is 5.79. The van der Waals surface area contributed by atoms with E-state index in [9.17, 15) is 4.79 Å². The predicted molar refractivity (Wildman–Crippen MR) is 97.9 cm³/mol. The van der Waals surface area contributed by atoms with Gasteiger partial charge in [-0.15, -0.1) is 0 Å². The standard InChI is InChI=1S/C21H20N2O2/c1-16(17-9-4-2-5-10-17)15-23-20(24)19-13-8-14-22-21(19)25-18-11-6-3-7-12-18/h2-14,16H,15H2,1H3,(H,23,24)/t16-/m1/s1. The Balaban J connectivity index is 1.68. The topological polar surface area (TPSA) is 51.2 Å². The average molecular weight is 332 g/mol. The van der Waals surface area contributed by atoms with E-state index in [0.717, 1.165) is 0 Å². The van der Waals surface area contributed by atoms with Crippen molar-refractivity contribution in [3.63, 3.8) is 0 Å². The Morgan fingerprint density at radius 2 is 1.68 bits per heavy atom. The van der Waals surface area contributed by atoms with Gasteiger partial charge in [0.2, 0.25) is 5.88 Å². The monoisotopic (exact) mass is 332 g/mol. The van der Waals surface area contributed by atoms with E-state index in [2.05, 4.69) is 29.4 Å². The van der Waals surface area contributed by atoms with Crippen LogP contribution in [-0.4, -0.2) is 17.4 Å². The first kappa shape index (κ1) is 16.7. The first-order valence-electron chi connectivity index (χ1n) is 8.25. The maximum absolute atomic E-state index is 12.6. The molecule has 3 rings (SSSR count). The van der Waals surface area contributed by atoms with Gasteiger partial charge in [0.1, 0.15) is 11.3 Å². The second-order valence-electron chi connectivity index (χ2n) is 5.79. The highest BCUT2D eigenvalue weighted by Gasteiger charge is 2.15. The van der Waals surface area contributed by atoms with Crippen molar-refractivity contribution in [2.45, 2.75) is 12.8 Å². The van der Waals surface area contributed by atoms with Crippen molar-refractivity contribution in [1.29, 1.82) is 0 Å². The predicted octanol–water partition coefficient (Wildman–Crippen LogP) is 4.41. The quantitative estimate of drug-likeness (QED) is 0.727. The van der Waals surface area contributed by atoms with E-state index >= 15 is 0 Å². The van der Waals surface area contributed by atoms with Crippen LogP contribution in [-0.2, 0) is 0 Å². The van der Waals surface area contributed by atoms with Crippen molar-refractivity contribution in [2.24, 2.45) is 0 Å². The lowest BCUT2D eigenvalue weighted by molar-refractivity contribution is 0.0948. The number of carbonyl (C=O) groups excluding carboxylic acids is 1. The largest absolute Gasteiger partial charge is 0.438 e. The molecule has 0 aliphatic rings. The lowest BCUT2D eigenvalue weighted by atomic mass is 10.0. The normalized spacial score (nSPS) is 11.6. The van der Waals surface area contributed by atoms with Gasteiger partial charge in [-0.3, -0.25) is 4.79 Å². The van der Waals surface area contributed by atoms with Gasteiger partial charge >= 0.3 is 0 Å². The van der Waals surface area contributed by atoms with Crippen molar-refractivity contribution >= 4 is 5.91 Å². The summed E-state index contributed by atoms with van der Waals surface area (Å²) in [6.45, 7) is 2.63. The fourth-order valence-electron chi connectivity index (χ4n) is 2.49. The molecule has 0 saturated carbocycles. The van der Waals surface area contributed by atoms with Crippen LogP contribution in [0, 0.1) is 0 Å². The molecular formula is C21H20N2O2. The first-order valence-corrected chi connectivity index (χ1v) is 8.25. The third-order valence-corrected chi connectivity index (χ3v) is 3.91. The molecule has 0 radical (unpaired) electrons. The fraction of sp³-hybridized carbons (Fsp3) is 0.143. The lowest BCUT2D eigenvalue weighted by Gasteiger charge is -2.14. The molecule has 2 aromatic carbocycles. The summed E-state index contributed by atoms with van der Waals surface area (Å²) < 4.78 is 5.75. The molecule has 1 amide bonds. The minimum absolute atomic E-state index is 0.193. The Kier molecular flexibility index (Phi) is 5.42. The molecule has 4 nitrogen and oxygen atoms in total. The van der Waals surface area contributed by atoms with Gasteiger partial charge in [-0.2, -0.15) is 0 Å². The summed E-state index contributed by atoms with van der Waals surface area (Å²) >= 11 is 0. The number of hydrogen-bond acceptors (Lipinski definition) is 3. The number of hydrogen-bond donors (Lipinski definition) is 1. The molecule has 1 aromatic heterocycles. The molecule has 0 saturated heterocycles. The number of para-hydroxylation sites is 1. The number of ether oxygens (including phenoxy) is 1. The van der Waals surface area contributed by atoms with Gasteiger partial charge in [-0.05, 0) is 35.7 Å². The number of nitrogens with zero attached hydrogens (tertiary/aromatic N) is 1. The third-order valence-electron chi connectivity index (χ3n) is 3.91. The van der Waals surface area contributed by atoms with E-state index in [1.165, 1.54) is 5.56 Å². The second kappa shape index (κ2) is 8.11. The highest BCUT2D eigenvalue weighted by atomic mass is 16.5. The molecule has 126 valence electrons. The number of aromatic nitrogens is 1. The minimum Gasteiger partial charge on any atom is -0.438 e. The summed E-state index contributed by atoms with van der Waals surface area (Å²) in [5.74, 6) is 0.980. The summed E-state index contributed by atoms with van der Waals surface area (Å²) in [5, 5.41) is 2.96. The summed E-state index contributed by atoms with van der Waals surface area (Å²) in [6.07, 6.45) is 1.61. The molecule has 0 aliphatic heterocycles. The van der Waals surface area contributed by atoms with Gasteiger partial charge in [0.05, 0.1) is 0 Å². The molecule has 0 unspecified atom stereocenters. The van der Waals surface area contributed by atoms with E-state index in [4.69, 9.17) is 4.74 Å². The molecular weight excluding hydrogens is 312 g/mol. The van der Waals surface area contributed by atoms with Crippen LogP contribution in [0.3, 0.4) is 0 Å². The number of carbonyl (C=O) groups is 1. The Morgan fingerprint density at radius 1 is 1.00 bits per heavy atom. The third kappa shape index (κ3) is 4.44. The molecule has 25 heavy (non-hydrogen) atoms. The Hall–Kier alpha value is -3.14. The summed E-state index contributed by atoms with van der Waals surface area (Å²) in [4.78, 5) is 16.8. The lowest BCUT2D eigenvalue weighted by Crippen LogP contribution is -2.28. The van der Waals surface area contributed by atoms with E-state index in [0.29, 0.717) is 23.7 Å². The molecule has 0 bridgehead atoms. The number of amides is 1. The molecule has 3 aromatic rings. The first-order chi connectivity index (χ1) is 12.2. The maximum atomic E-state index is 12.6. The zero-order valence-electron chi connectivity index (χ0n) is 14.1. The fourth-order valence-corrected chi connectivity index (χ4v) is 2.49. The van der Waals surface area contributed by atoms with Crippen molar-refractivity contribution in [2.75, 3.05) is 6.54 Å². The van der Waals surface area contributed by atoms with Crippen LogP contribution in [0.25, 0.3) is 0 Å². The van der Waals surface area contributed by atoms with Gasteiger partial charge in [0.25, 0.3) is 5.91 Å². The van der Waals surface area contributed by atoms with E-state index in [-0.39, 0.29) is 11.8 Å². The van der Waals surface area contributed by atoms with Crippen molar-refractivity contribution in [3.05, 3.63) is 90.1 Å². The van der Waals surface area contributed by atoms with Crippen LogP contribution in [0.15, 0.2) is 79.0 Å². The SMILES string of the molecule is C[C@H](CNC(=O)c1cccnc1Oc1ccccc1)c1ccccc1. The average Bonchev–Trinajstić information content (AvgIpc) is 2.68. The number of benzene rings is 2. The Morgan fingerprint density at radius 3 is 2.40 bits per heavy atom. The van der Waals surface area contributed by atoms with Gasteiger partial charge < -0.3 is 10.1 Å². The number of nitrogens with one attached hydrogen (secondary N) is 1. The molecule has 1 heterocycles. The van der Waals surface area contributed by atoms with E-state index < -0.39 is 0 Å². The van der Waals surface area contributed by atoms with Crippen LogP contribution in [0.1, 0.15) is 28.8 Å². The summed E-state index contributed by atoms with van der Waals surface area (Å²) in [7, 11) is 0. The van der Waals surface area contributed by atoms with Crippen molar-refractivity contribution < 1.29 is 9.53 Å². The van der Waals surface area contributed by atoms with Gasteiger partial charge in [-0.1, -0.05) is 55.5 Å². The zero-order valence-corrected chi connectivity index (χ0v) is 14.1. The Bertz CT molecular complexity index is 820. The number of rotatable bonds is 6. The van der Waals surface area contributed by atoms with Crippen molar-refractivity contribution in [3.8, 4) is 11.6 Å². The molecule has 0 spiro atoms. The molecule has 0 fully saturated rings. The maximum Gasteiger partial charge on any atom is 0.256 e. The van der Waals surface area contributed by atoms with E-state index in [1.54, 1.807) is 18.3 Å².